The molecule has 1 aromatic carbocycles. The summed E-state index contributed by atoms with van der Waals surface area (Å²) in [5.41, 5.74) is 0.940. The zero-order valence-corrected chi connectivity index (χ0v) is 14.1. The van der Waals surface area contributed by atoms with Crippen LogP contribution in [-0.4, -0.2) is 54.8 Å². The molecule has 0 aliphatic carbocycles. The Morgan fingerprint density at radius 3 is 2.48 bits per heavy atom. The molecule has 2 amide bonds. The molecule has 5 nitrogen and oxygen atoms in total. The average Bonchev–Trinajstić information content (AvgIpc) is 3.08. The van der Waals surface area contributed by atoms with E-state index in [1.165, 1.54) is 0 Å². The van der Waals surface area contributed by atoms with Gasteiger partial charge in [0.15, 0.2) is 0 Å². The van der Waals surface area contributed by atoms with Crippen molar-refractivity contribution in [3.05, 3.63) is 35.9 Å². The summed E-state index contributed by atoms with van der Waals surface area (Å²) < 4.78 is 0. The van der Waals surface area contributed by atoms with E-state index in [-0.39, 0.29) is 18.4 Å². The molecule has 0 saturated carbocycles. The number of benzene rings is 1. The van der Waals surface area contributed by atoms with E-state index < -0.39 is 6.04 Å². The van der Waals surface area contributed by atoms with Gasteiger partial charge in [0.25, 0.3) is 0 Å². The molecule has 1 fully saturated rings. The van der Waals surface area contributed by atoms with Crippen LogP contribution >= 0.6 is 0 Å². The fourth-order valence-corrected chi connectivity index (χ4v) is 2.97. The van der Waals surface area contributed by atoms with Gasteiger partial charge in [-0.25, -0.2) is 0 Å². The van der Waals surface area contributed by atoms with E-state index in [9.17, 15) is 9.59 Å². The van der Waals surface area contributed by atoms with Gasteiger partial charge in [-0.2, -0.15) is 0 Å². The van der Waals surface area contributed by atoms with Gasteiger partial charge in [0.1, 0.15) is 6.04 Å². The highest BCUT2D eigenvalue weighted by molar-refractivity contribution is 5.85. The molecular weight excluding hydrogens is 290 g/mol. The van der Waals surface area contributed by atoms with Crippen LogP contribution in [0.25, 0.3) is 0 Å². The largest absolute Gasteiger partial charge is 0.355 e. The summed E-state index contributed by atoms with van der Waals surface area (Å²) in [7, 11) is 1.84. The highest BCUT2D eigenvalue weighted by Crippen LogP contribution is 2.24. The van der Waals surface area contributed by atoms with E-state index in [1.807, 2.05) is 54.1 Å². The van der Waals surface area contributed by atoms with Crippen LogP contribution in [0, 0.1) is 0 Å². The van der Waals surface area contributed by atoms with E-state index in [2.05, 4.69) is 5.32 Å². The third-order valence-electron chi connectivity index (χ3n) is 4.17. The van der Waals surface area contributed by atoms with Crippen LogP contribution in [-0.2, 0) is 9.59 Å². The molecule has 0 aromatic heterocycles. The second-order valence-corrected chi connectivity index (χ2v) is 6.11. The number of hydrogen-bond donors (Lipinski definition) is 1. The number of carbonyl (C=O) groups is 2. The highest BCUT2D eigenvalue weighted by Gasteiger charge is 2.31. The molecule has 23 heavy (non-hydrogen) atoms. The number of hydrogen-bond acceptors (Lipinski definition) is 3. The first kappa shape index (κ1) is 17.5. The van der Waals surface area contributed by atoms with Gasteiger partial charge >= 0.3 is 0 Å². The molecule has 5 heteroatoms. The Kier molecular flexibility index (Phi) is 6.59. The van der Waals surface area contributed by atoms with Gasteiger partial charge in [-0.1, -0.05) is 37.3 Å². The fraction of sp³-hybridized carbons (Fsp3) is 0.556. The van der Waals surface area contributed by atoms with Crippen molar-refractivity contribution in [3.8, 4) is 0 Å². The number of amides is 2. The first-order chi connectivity index (χ1) is 11.1. The molecule has 1 N–H and O–H groups in total. The molecule has 1 atom stereocenters. The van der Waals surface area contributed by atoms with Gasteiger partial charge in [-0.15, -0.1) is 0 Å². The van der Waals surface area contributed by atoms with Gasteiger partial charge in [0.05, 0.1) is 6.54 Å². The first-order valence-electron chi connectivity index (χ1n) is 8.44. The maximum Gasteiger partial charge on any atom is 0.244 e. The predicted octanol–water partition coefficient (Wildman–Crippen LogP) is 1.81. The van der Waals surface area contributed by atoms with Crippen molar-refractivity contribution in [2.24, 2.45) is 0 Å². The number of likely N-dealkylation sites (N-methyl/N-ethyl adjacent to an activating group) is 1. The summed E-state index contributed by atoms with van der Waals surface area (Å²) in [5, 5.41) is 2.87. The zero-order valence-electron chi connectivity index (χ0n) is 14.1. The van der Waals surface area contributed by atoms with Crippen LogP contribution in [0.4, 0.5) is 0 Å². The lowest BCUT2D eigenvalue weighted by Gasteiger charge is -2.30. The Bertz CT molecular complexity index is 512. The van der Waals surface area contributed by atoms with Crippen LogP contribution in [0.15, 0.2) is 30.3 Å². The van der Waals surface area contributed by atoms with Crippen LogP contribution < -0.4 is 5.32 Å². The maximum absolute atomic E-state index is 12.9. The summed E-state index contributed by atoms with van der Waals surface area (Å²) in [5.74, 6) is 0.0593. The van der Waals surface area contributed by atoms with Crippen molar-refractivity contribution in [1.29, 1.82) is 0 Å². The van der Waals surface area contributed by atoms with E-state index in [0.717, 1.165) is 37.9 Å². The average molecular weight is 317 g/mol. The standard InChI is InChI=1S/C18H27N3O2/c1-3-11-19-16(22)14-20(2)17(15-9-5-4-6-10-15)18(23)21-12-7-8-13-21/h4-6,9-10,17H,3,7-8,11-14H2,1-2H3,(H,19,22)/t17-/m0/s1. The van der Waals surface area contributed by atoms with Gasteiger partial charge in [-0.05, 0) is 31.9 Å². The minimum absolute atomic E-state index is 0.0375. The second kappa shape index (κ2) is 8.67. The summed E-state index contributed by atoms with van der Waals surface area (Å²) in [6, 6.07) is 9.32. The molecular formula is C18H27N3O2. The van der Waals surface area contributed by atoms with E-state index in [4.69, 9.17) is 0 Å². The Balaban J connectivity index is 2.12. The lowest BCUT2D eigenvalue weighted by Crippen LogP contribution is -2.44. The Morgan fingerprint density at radius 2 is 1.87 bits per heavy atom. The molecule has 1 aliphatic heterocycles. The lowest BCUT2D eigenvalue weighted by atomic mass is 10.0. The van der Waals surface area contributed by atoms with Crippen molar-refractivity contribution in [1.82, 2.24) is 15.1 Å². The summed E-state index contributed by atoms with van der Waals surface area (Å²) in [6.07, 6.45) is 3.03. The molecule has 1 aliphatic rings. The maximum atomic E-state index is 12.9. The van der Waals surface area contributed by atoms with Crippen molar-refractivity contribution < 1.29 is 9.59 Å². The van der Waals surface area contributed by atoms with E-state index >= 15 is 0 Å². The summed E-state index contributed by atoms with van der Waals surface area (Å²) >= 11 is 0. The molecule has 126 valence electrons. The van der Waals surface area contributed by atoms with Crippen molar-refractivity contribution in [2.45, 2.75) is 32.2 Å². The van der Waals surface area contributed by atoms with Gasteiger partial charge in [0.2, 0.25) is 11.8 Å². The lowest BCUT2D eigenvalue weighted by molar-refractivity contribution is -0.136. The van der Waals surface area contributed by atoms with Gasteiger partial charge < -0.3 is 10.2 Å². The third kappa shape index (κ3) is 4.79. The molecule has 0 spiro atoms. The SMILES string of the molecule is CCCNC(=O)CN(C)[C@H](C(=O)N1CCCC1)c1ccccc1. The van der Waals surface area contributed by atoms with Crippen molar-refractivity contribution in [2.75, 3.05) is 33.2 Å². The first-order valence-corrected chi connectivity index (χ1v) is 8.44. The monoisotopic (exact) mass is 317 g/mol. The summed E-state index contributed by atoms with van der Waals surface area (Å²) in [4.78, 5) is 28.7. The van der Waals surface area contributed by atoms with Crippen LogP contribution in [0.1, 0.15) is 37.8 Å². The van der Waals surface area contributed by atoms with Gasteiger partial charge in [0, 0.05) is 19.6 Å². The second-order valence-electron chi connectivity index (χ2n) is 6.11. The molecule has 2 rings (SSSR count). The van der Waals surface area contributed by atoms with Crippen molar-refractivity contribution in [3.63, 3.8) is 0 Å². The number of likely N-dealkylation sites (tertiary alicyclic amines) is 1. The molecule has 1 saturated heterocycles. The number of carbonyl (C=O) groups excluding carboxylic acids is 2. The Hall–Kier alpha value is -1.88. The molecule has 1 heterocycles. The quantitative estimate of drug-likeness (QED) is 0.834. The summed E-state index contributed by atoms with van der Waals surface area (Å²) in [6.45, 7) is 4.55. The number of nitrogens with one attached hydrogen (secondary N) is 1. The van der Waals surface area contributed by atoms with Crippen LogP contribution in [0.3, 0.4) is 0 Å². The van der Waals surface area contributed by atoms with Gasteiger partial charge in [-0.3, -0.25) is 14.5 Å². The minimum Gasteiger partial charge on any atom is -0.355 e. The zero-order chi connectivity index (χ0) is 16.7. The molecule has 0 radical (unpaired) electrons. The number of nitrogens with zero attached hydrogens (tertiary/aromatic N) is 2. The van der Waals surface area contributed by atoms with E-state index in [0.29, 0.717) is 6.54 Å². The van der Waals surface area contributed by atoms with Crippen LogP contribution in [0.5, 0.6) is 0 Å². The molecule has 0 bridgehead atoms. The number of rotatable bonds is 7. The Morgan fingerprint density at radius 1 is 1.22 bits per heavy atom. The molecule has 1 aromatic rings. The minimum atomic E-state index is -0.401. The normalized spacial score (nSPS) is 15.7. The third-order valence-corrected chi connectivity index (χ3v) is 4.17. The van der Waals surface area contributed by atoms with Crippen LogP contribution in [0.2, 0.25) is 0 Å². The predicted molar refractivity (Wildman–Crippen MR) is 90.9 cm³/mol. The van der Waals surface area contributed by atoms with Crippen molar-refractivity contribution >= 4 is 11.8 Å². The van der Waals surface area contributed by atoms with E-state index in [1.54, 1.807) is 0 Å². The smallest absolute Gasteiger partial charge is 0.244 e. The highest BCUT2D eigenvalue weighted by atomic mass is 16.2. The Labute approximate surface area is 138 Å². The molecule has 0 unspecified atom stereocenters. The topological polar surface area (TPSA) is 52.7 Å². The fourth-order valence-electron chi connectivity index (χ4n) is 2.97.